The van der Waals surface area contributed by atoms with Gasteiger partial charge in [0.15, 0.2) is 0 Å². The van der Waals surface area contributed by atoms with E-state index < -0.39 is 0 Å². The Morgan fingerprint density at radius 3 is 2.40 bits per heavy atom. The number of nitrogens with zero attached hydrogens (tertiary/aromatic N) is 1. The van der Waals surface area contributed by atoms with Crippen molar-refractivity contribution >= 4 is 5.91 Å². The molecule has 1 aliphatic heterocycles. The number of rotatable bonds is 6. The van der Waals surface area contributed by atoms with Crippen molar-refractivity contribution in [2.75, 3.05) is 19.7 Å². The van der Waals surface area contributed by atoms with E-state index in [1.54, 1.807) is 0 Å². The maximum Gasteiger partial charge on any atom is 0.223 e. The molecule has 3 nitrogen and oxygen atoms in total. The van der Waals surface area contributed by atoms with Gasteiger partial charge in [-0.3, -0.25) is 4.79 Å². The molecule has 132 valence electrons. The number of benzene rings is 2. The number of piperidine rings is 1. The molecule has 0 aromatic heterocycles. The number of carbonyl (C=O) groups excluding carboxylic acids is 1. The van der Waals surface area contributed by atoms with Crippen LogP contribution in [0.5, 0.6) is 5.75 Å². The molecule has 1 unspecified atom stereocenters. The summed E-state index contributed by atoms with van der Waals surface area (Å²) in [7, 11) is 0. The Morgan fingerprint density at radius 1 is 1.00 bits per heavy atom. The minimum Gasteiger partial charge on any atom is -0.494 e. The van der Waals surface area contributed by atoms with Crippen molar-refractivity contribution in [3.8, 4) is 5.75 Å². The van der Waals surface area contributed by atoms with Crippen molar-refractivity contribution in [3.05, 3.63) is 65.7 Å². The Bertz CT molecular complexity index is 677. The second-order valence-corrected chi connectivity index (χ2v) is 6.58. The van der Waals surface area contributed by atoms with Crippen LogP contribution in [0.3, 0.4) is 0 Å². The molecule has 0 aliphatic carbocycles. The molecule has 0 radical (unpaired) electrons. The fourth-order valence-electron chi connectivity index (χ4n) is 3.60. The van der Waals surface area contributed by atoms with Crippen molar-refractivity contribution < 1.29 is 9.53 Å². The average molecular weight is 337 g/mol. The molecule has 2 aromatic carbocycles. The minimum atomic E-state index is 0.0263. The molecule has 1 aliphatic rings. The van der Waals surface area contributed by atoms with Crippen molar-refractivity contribution in [3.63, 3.8) is 0 Å². The van der Waals surface area contributed by atoms with Crippen molar-refractivity contribution in [1.29, 1.82) is 0 Å². The molecule has 0 N–H and O–H groups in total. The quantitative estimate of drug-likeness (QED) is 0.770. The number of ether oxygens (including phenoxy) is 1. The topological polar surface area (TPSA) is 29.5 Å². The smallest absolute Gasteiger partial charge is 0.223 e. The monoisotopic (exact) mass is 337 g/mol. The van der Waals surface area contributed by atoms with Gasteiger partial charge in [0.2, 0.25) is 5.91 Å². The molecule has 0 saturated carbocycles. The lowest BCUT2D eigenvalue weighted by molar-refractivity contribution is -0.132. The zero-order valence-electron chi connectivity index (χ0n) is 15.0. The zero-order valence-corrected chi connectivity index (χ0v) is 15.0. The van der Waals surface area contributed by atoms with E-state index in [1.165, 1.54) is 12.0 Å². The lowest BCUT2D eigenvalue weighted by Gasteiger charge is -2.29. The summed E-state index contributed by atoms with van der Waals surface area (Å²) in [6.07, 6.45) is 3.97. The highest BCUT2D eigenvalue weighted by molar-refractivity contribution is 5.78. The summed E-state index contributed by atoms with van der Waals surface area (Å²) >= 11 is 0. The highest BCUT2D eigenvalue weighted by atomic mass is 16.5. The molecule has 1 saturated heterocycles. The summed E-state index contributed by atoms with van der Waals surface area (Å²) in [6.45, 7) is 4.41. The van der Waals surface area contributed by atoms with Gasteiger partial charge in [0.1, 0.15) is 5.75 Å². The predicted molar refractivity (Wildman–Crippen MR) is 101 cm³/mol. The third-order valence-electron chi connectivity index (χ3n) is 4.88. The Balaban J connectivity index is 1.89. The van der Waals surface area contributed by atoms with Gasteiger partial charge in [0.25, 0.3) is 0 Å². The molecule has 25 heavy (non-hydrogen) atoms. The van der Waals surface area contributed by atoms with E-state index in [2.05, 4.69) is 18.2 Å². The predicted octanol–water partition coefficient (Wildman–Crippen LogP) is 4.62. The number of hydrogen-bond donors (Lipinski definition) is 0. The highest BCUT2D eigenvalue weighted by Gasteiger charge is 2.25. The van der Waals surface area contributed by atoms with E-state index in [-0.39, 0.29) is 11.8 Å². The first kappa shape index (κ1) is 17.5. The Morgan fingerprint density at radius 2 is 1.68 bits per heavy atom. The summed E-state index contributed by atoms with van der Waals surface area (Å²) in [6, 6.07) is 18.4. The molecule has 1 atom stereocenters. The Kier molecular flexibility index (Phi) is 6.10. The molecule has 1 amide bonds. The summed E-state index contributed by atoms with van der Waals surface area (Å²) in [4.78, 5) is 14.9. The van der Waals surface area contributed by atoms with Gasteiger partial charge in [-0.25, -0.2) is 0 Å². The molecular weight excluding hydrogens is 310 g/mol. The van der Waals surface area contributed by atoms with E-state index in [0.717, 1.165) is 37.2 Å². The lowest BCUT2D eigenvalue weighted by Crippen LogP contribution is -2.36. The third kappa shape index (κ3) is 4.41. The zero-order chi connectivity index (χ0) is 17.5. The summed E-state index contributed by atoms with van der Waals surface area (Å²) in [5.41, 5.74) is 2.26. The van der Waals surface area contributed by atoms with Crippen LogP contribution in [0, 0.1) is 0 Å². The Hall–Kier alpha value is -2.29. The van der Waals surface area contributed by atoms with Crippen LogP contribution in [0.15, 0.2) is 54.6 Å². The number of amides is 1. The molecule has 0 bridgehead atoms. The second-order valence-electron chi connectivity index (χ2n) is 6.58. The van der Waals surface area contributed by atoms with Crippen LogP contribution in [-0.2, 0) is 4.79 Å². The van der Waals surface area contributed by atoms with Crippen LogP contribution in [-0.4, -0.2) is 30.5 Å². The molecule has 1 heterocycles. The molecule has 3 heteroatoms. The largest absolute Gasteiger partial charge is 0.494 e. The van der Waals surface area contributed by atoms with Gasteiger partial charge >= 0.3 is 0 Å². The second kappa shape index (κ2) is 8.70. The lowest BCUT2D eigenvalue weighted by atomic mass is 9.87. The van der Waals surface area contributed by atoms with E-state index in [1.807, 2.05) is 48.2 Å². The summed E-state index contributed by atoms with van der Waals surface area (Å²) < 4.78 is 5.84. The maximum atomic E-state index is 12.9. The van der Waals surface area contributed by atoms with Gasteiger partial charge in [-0.05, 0) is 37.8 Å². The summed E-state index contributed by atoms with van der Waals surface area (Å²) in [5.74, 6) is 1.16. The average Bonchev–Trinajstić information content (AvgIpc) is 2.68. The van der Waals surface area contributed by atoms with Crippen LogP contribution in [0.1, 0.15) is 49.7 Å². The molecule has 2 aromatic rings. The van der Waals surface area contributed by atoms with Gasteiger partial charge in [0, 0.05) is 31.0 Å². The van der Waals surface area contributed by atoms with Crippen molar-refractivity contribution in [1.82, 2.24) is 4.90 Å². The first-order valence-corrected chi connectivity index (χ1v) is 9.34. The number of para-hydroxylation sites is 1. The number of carbonyl (C=O) groups is 1. The van der Waals surface area contributed by atoms with Crippen molar-refractivity contribution in [2.45, 2.75) is 38.5 Å². The standard InChI is InChI=1S/C22H27NO2/c1-2-25-21-14-8-7-13-19(21)20(18-11-5-3-6-12-18)17-22(24)23-15-9-4-10-16-23/h3,5-8,11-14,20H,2,4,9-10,15-17H2,1H3. The van der Waals surface area contributed by atoms with E-state index in [9.17, 15) is 4.79 Å². The first-order chi connectivity index (χ1) is 12.3. The minimum absolute atomic E-state index is 0.0263. The van der Waals surface area contributed by atoms with Crippen LogP contribution in [0.4, 0.5) is 0 Å². The Labute approximate surface area is 150 Å². The normalized spacial score (nSPS) is 15.6. The third-order valence-corrected chi connectivity index (χ3v) is 4.88. The maximum absolute atomic E-state index is 12.9. The molecular formula is C22H27NO2. The molecule has 0 spiro atoms. The van der Waals surface area contributed by atoms with Gasteiger partial charge in [-0.2, -0.15) is 0 Å². The van der Waals surface area contributed by atoms with E-state index in [0.29, 0.717) is 13.0 Å². The fourth-order valence-corrected chi connectivity index (χ4v) is 3.60. The molecule has 1 fully saturated rings. The van der Waals surface area contributed by atoms with Gasteiger partial charge in [-0.1, -0.05) is 48.5 Å². The van der Waals surface area contributed by atoms with Gasteiger partial charge in [0.05, 0.1) is 6.61 Å². The number of hydrogen-bond acceptors (Lipinski definition) is 2. The van der Waals surface area contributed by atoms with E-state index in [4.69, 9.17) is 4.74 Å². The van der Waals surface area contributed by atoms with Crippen LogP contribution >= 0.6 is 0 Å². The van der Waals surface area contributed by atoms with Crippen LogP contribution in [0.2, 0.25) is 0 Å². The molecule has 3 rings (SSSR count). The van der Waals surface area contributed by atoms with E-state index >= 15 is 0 Å². The van der Waals surface area contributed by atoms with Gasteiger partial charge < -0.3 is 9.64 Å². The highest BCUT2D eigenvalue weighted by Crippen LogP contribution is 2.35. The summed E-state index contributed by atoms with van der Waals surface area (Å²) in [5, 5.41) is 0. The van der Waals surface area contributed by atoms with Crippen molar-refractivity contribution in [2.24, 2.45) is 0 Å². The SMILES string of the molecule is CCOc1ccccc1C(CC(=O)N1CCCCC1)c1ccccc1. The fraction of sp³-hybridized carbons (Fsp3) is 0.409. The van der Waals surface area contributed by atoms with Crippen LogP contribution < -0.4 is 4.74 Å². The van der Waals surface area contributed by atoms with Gasteiger partial charge in [-0.15, -0.1) is 0 Å². The number of likely N-dealkylation sites (tertiary alicyclic amines) is 1. The van der Waals surface area contributed by atoms with Crippen LogP contribution in [0.25, 0.3) is 0 Å². The first-order valence-electron chi connectivity index (χ1n) is 9.34.